The van der Waals surface area contributed by atoms with Crippen molar-refractivity contribution in [2.45, 2.75) is 341 Å². The molecule has 6 heteroatoms. The molecule has 0 aromatic carbocycles. The Labute approximate surface area is 442 Å². The number of hydrogen-bond donors (Lipinski definition) is 3. The second kappa shape index (κ2) is 60.4. The van der Waals surface area contributed by atoms with Crippen LogP contribution in [0, 0.1) is 0 Å². The smallest absolute Gasteiger partial charge is 0.305 e. The third kappa shape index (κ3) is 57.0. The molecule has 0 spiro atoms. The predicted octanol–water partition coefficient (Wildman–Crippen LogP) is 19.7. The van der Waals surface area contributed by atoms with Gasteiger partial charge in [0.2, 0.25) is 5.91 Å². The Hall–Kier alpha value is -2.18. The van der Waals surface area contributed by atoms with Gasteiger partial charge in [-0.2, -0.15) is 0 Å². The van der Waals surface area contributed by atoms with Gasteiger partial charge in [0.25, 0.3) is 0 Å². The van der Waals surface area contributed by atoms with E-state index < -0.39 is 12.1 Å². The molecule has 0 bridgehead atoms. The maximum absolute atomic E-state index is 12.5. The van der Waals surface area contributed by atoms with Gasteiger partial charge in [-0.15, -0.1) is 0 Å². The number of nitrogens with one attached hydrogen (secondary N) is 1. The summed E-state index contributed by atoms with van der Waals surface area (Å²) >= 11 is 0. The fourth-order valence-electron chi connectivity index (χ4n) is 9.54. The summed E-state index contributed by atoms with van der Waals surface area (Å²) in [5, 5.41) is 23.3. The van der Waals surface area contributed by atoms with Crippen molar-refractivity contribution >= 4 is 11.9 Å². The Morgan fingerprint density at radius 2 is 0.746 bits per heavy atom. The van der Waals surface area contributed by atoms with Crippen LogP contribution in [0.15, 0.2) is 48.6 Å². The minimum absolute atomic E-state index is 0.0211. The van der Waals surface area contributed by atoms with E-state index in [0.717, 1.165) is 77.0 Å². The monoisotopic (exact) mass is 996 g/mol. The molecule has 0 aromatic rings. The second-order valence-electron chi connectivity index (χ2n) is 21.4. The fraction of sp³-hybridized carbons (Fsp3) is 0.846. The van der Waals surface area contributed by atoms with Gasteiger partial charge < -0.3 is 20.3 Å². The molecule has 416 valence electrons. The fourth-order valence-corrected chi connectivity index (χ4v) is 9.54. The molecule has 71 heavy (non-hydrogen) atoms. The van der Waals surface area contributed by atoms with Gasteiger partial charge in [0, 0.05) is 12.8 Å². The largest absolute Gasteiger partial charge is 0.466 e. The molecule has 0 aromatic heterocycles. The number of unbranched alkanes of at least 4 members (excludes halogenated alkanes) is 40. The van der Waals surface area contributed by atoms with E-state index in [2.05, 4.69) is 67.8 Å². The first-order chi connectivity index (χ1) is 35.0. The van der Waals surface area contributed by atoms with Crippen LogP contribution < -0.4 is 5.32 Å². The van der Waals surface area contributed by atoms with Crippen LogP contribution in [0.2, 0.25) is 0 Å². The molecule has 2 atom stereocenters. The number of esters is 1. The molecule has 3 N–H and O–H groups in total. The summed E-state index contributed by atoms with van der Waals surface area (Å²) in [6.45, 7) is 4.90. The third-order valence-corrected chi connectivity index (χ3v) is 14.4. The van der Waals surface area contributed by atoms with Crippen LogP contribution in [-0.4, -0.2) is 47.4 Å². The van der Waals surface area contributed by atoms with Gasteiger partial charge in [-0.05, 0) is 89.9 Å². The molecule has 0 saturated carbocycles. The Morgan fingerprint density at radius 3 is 1.18 bits per heavy atom. The maximum atomic E-state index is 12.5. The quantitative estimate of drug-likeness (QED) is 0.0244. The minimum atomic E-state index is -0.673. The van der Waals surface area contributed by atoms with Crippen molar-refractivity contribution < 1.29 is 24.5 Å². The van der Waals surface area contributed by atoms with Gasteiger partial charge in [0.05, 0.1) is 25.4 Å². The molecular weight excluding hydrogens is 875 g/mol. The molecule has 0 radical (unpaired) electrons. The van der Waals surface area contributed by atoms with E-state index in [1.807, 2.05) is 0 Å². The van der Waals surface area contributed by atoms with Crippen LogP contribution in [0.4, 0.5) is 0 Å². The lowest BCUT2D eigenvalue weighted by molar-refractivity contribution is -0.143. The molecule has 0 heterocycles. The third-order valence-electron chi connectivity index (χ3n) is 14.4. The number of hydrogen-bond acceptors (Lipinski definition) is 5. The highest BCUT2D eigenvalue weighted by Crippen LogP contribution is 2.17. The SMILES string of the molecule is CCCCC/C=C\C/C=C\CCCCCCCCCC(=O)OCCCCC/C=C\C=C/CCCCCCCCCCCCC(=O)NC(CO)C(O)CCCCCCCCCCCCCCCCCCCC. The number of amides is 1. The lowest BCUT2D eigenvalue weighted by Crippen LogP contribution is -2.45. The standard InChI is InChI=1S/C65H121NO5/c1-3-5-7-9-11-13-15-17-19-21-26-29-33-37-41-45-49-53-57-63(68)62(61-67)66-64(69)58-54-50-46-42-38-34-30-27-23-22-24-28-32-36-40-44-48-52-56-60-71-65(70)59-55-51-47-43-39-35-31-25-20-18-16-14-12-10-8-6-4-2/h12,14,18,20,28,32,36,40,62-63,67-68H,3-11,13,15-17,19,21-27,29-31,33-35,37-39,41-61H2,1-2H3,(H,66,69)/b14-12-,20-18-,32-28-,40-36-. The van der Waals surface area contributed by atoms with Gasteiger partial charge in [0.15, 0.2) is 0 Å². The van der Waals surface area contributed by atoms with Crippen LogP contribution in [0.25, 0.3) is 0 Å². The van der Waals surface area contributed by atoms with Crippen molar-refractivity contribution in [3.8, 4) is 0 Å². The number of carbonyl (C=O) groups is 2. The summed E-state index contributed by atoms with van der Waals surface area (Å²) < 4.78 is 5.46. The zero-order valence-electron chi connectivity index (χ0n) is 47.5. The highest BCUT2D eigenvalue weighted by molar-refractivity contribution is 5.76. The highest BCUT2D eigenvalue weighted by Gasteiger charge is 2.20. The van der Waals surface area contributed by atoms with E-state index in [4.69, 9.17) is 4.74 Å². The molecule has 0 saturated heterocycles. The maximum Gasteiger partial charge on any atom is 0.305 e. The van der Waals surface area contributed by atoms with Gasteiger partial charge in [-0.3, -0.25) is 9.59 Å². The molecule has 6 nitrogen and oxygen atoms in total. The van der Waals surface area contributed by atoms with Gasteiger partial charge in [-0.1, -0.05) is 274 Å². The van der Waals surface area contributed by atoms with Gasteiger partial charge >= 0.3 is 5.97 Å². The average Bonchev–Trinajstić information content (AvgIpc) is 3.37. The number of rotatable bonds is 58. The van der Waals surface area contributed by atoms with Crippen molar-refractivity contribution in [1.29, 1.82) is 0 Å². The van der Waals surface area contributed by atoms with Crippen molar-refractivity contribution in [2.24, 2.45) is 0 Å². The number of aliphatic hydroxyl groups excluding tert-OH is 2. The Kier molecular flexibility index (Phi) is 58.5. The average molecular weight is 997 g/mol. The first-order valence-corrected chi connectivity index (χ1v) is 31.4. The van der Waals surface area contributed by atoms with Crippen LogP contribution in [0.1, 0.15) is 328 Å². The number of carbonyl (C=O) groups excluding carboxylic acids is 2. The van der Waals surface area contributed by atoms with E-state index >= 15 is 0 Å². The Balaban J connectivity index is 3.48. The van der Waals surface area contributed by atoms with Crippen molar-refractivity contribution in [2.75, 3.05) is 13.2 Å². The van der Waals surface area contributed by atoms with E-state index in [1.54, 1.807) is 0 Å². The summed E-state index contributed by atoms with van der Waals surface area (Å²) in [4.78, 5) is 24.6. The van der Waals surface area contributed by atoms with Crippen molar-refractivity contribution in [3.05, 3.63) is 48.6 Å². The lowest BCUT2D eigenvalue weighted by Gasteiger charge is -2.22. The summed E-state index contributed by atoms with van der Waals surface area (Å²) in [5.74, 6) is -0.0645. The summed E-state index contributed by atoms with van der Waals surface area (Å²) in [6.07, 6.45) is 76.9. The highest BCUT2D eigenvalue weighted by atomic mass is 16.5. The van der Waals surface area contributed by atoms with E-state index in [0.29, 0.717) is 25.9 Å². The van der Waals surface area contributed by atoms with Gasteiger partial charge in [0.1, 0.15) is 0 Å². The zero-order chi connectivity index (χ0) is 51.4. The minimum Gasteiger partial charge on any atom is -0.466 e. The van der Waals surface area contributed by atoms with E-state index in [-0.39, 0.29) is 18.5 Å². The van der Waals surface area contributed by atoms with Crippen LogP contribution in [0.5, 0.6) is 0 Å². The van der Waals surface area contributed by atoms with Crippen molar-refractivity contribution in [3.63, 3.8) is 0 Å². The van der Waals surface area contributed by atoms with Crippen LogP contribution in [-0.2, 0) is 14.3 Å². The molecular formula is C65H121NO5. The van der Waals surface area contributed by atoms with E-state index in [9.17, 15) is 19.8 Å². The predicted molar refractivity (Wildman–Crippen MR) is 310 cm³/mol. The zero-order valence-corrected chi connectivity index (χ0v) is 47.5. The van der Waals surface area contributed by atoms with Gasteiger partial charge in [-0.25, -0.2) is 0 Å². The number of aliphatic hydroxyl groups is 2. The summed E-state index contributed by atoms with van der Waals surface area (Å²) in [7, 11) is 0. The number of ether oxygens (including phenoxy) is 1. The second-order valence-corrected chi connectivity index (χ2v) is 21.4. The first-order valence-electron chi connectivity index (χ1n) is 31.4. The van der Waals surface area contributed by atoms with Crippen LogP contribution in [0.3, 0.4) is 0 Å². The Bertz CT molecular complexity index is 1190. The molecule has 0 rings (SSSR count). The molecule has 0 aliphatic carbocycles. The molecule has 2 unspecified atom stereocenters. The number of allylic oxidation sites excluding steroid dienone is 8. The normalized spacial score (nSPS) is 12.9. The first kappa shape index (κ1) is 68.8. The molecule has 0 fully saturated rings. The van der Waals surface area contributed by atoms with Crippen LogP contribution >= 0.6 is 0 Å². The Morgan fingerprint density at radius 1 is 0.408 bits per heavy atom. The molecule has 0 aliphatic rings. The summed E-state index contributed by atoms with van der Waals surface area (Å²) in [5.41, 5.74) is 0. The van der Waals surface area contributed by atoms with Crippen molar-refractivity contribution in [1.82, 2.24) is 5.32 Å². The summed E-state index contributed by atoms with van der Waals surface area (Å²) in [6, 6.07) is -0.551. The van der Waals surface area contributed by atoms with E-state index in [1.165, 1.54) is 218 Å². The lowest BCUT2D eigenvalue weighted by atomic mass is 10.0. The topological polar surface area (TPSA) is 95.9 Å². The molecule has 0 aliphatic heterocycles. The molecule has 1 amide bonds.